The van der Waals surface area contributed by atoms with Gasteiger partial charge in [0.15, 0.2) is 0 Å². The Morgan fingerprint density at radius 1 is 1.14 bits per heavy atom. The van der Waals surface area contributed by atoms with Crippen molar-refractivity contribution in [3.63, 3.8) is 0 Å². The number of benzene rings is 2. The largest absolute Gasteiger partial charge is 0.363 e. The summed E-state index contributed by atoms with van der Waals surface area (Å²) >= 11 is 0. The second-order valence-corrected chi connectivity index (χ2v) is 5.23. The monoisotopic (exact) mass is 306 g/mol. The maximum absolute atomic E-state index is 13.4. The molecule has 1 unspecified atom stereocenters. The van der Waals surface area contributed by atoms with Crippen LogP contribution in [0.4, 0.5) is 10.1 Å². The lowest BCUT2D eigenvalue weighted by molar-refractivity contribution is 0.610. The molecule has 0 saturated heterocycles. The lowest BCUT2D eigenvalue weighted by Gasteiger charge is -2.31. The molecule has 2 aromatic rings. The fourth-order valence-electron chi connectivity index (χ4n) is 2.83. The molecule has 1 N–H and O–H groups in total. The van der Waals surface area contributed by atoms with E-state index in [4.69, 9.17) is 0 Å². The molecule has 1 aliphatic heterocycles. The molecule has 0 spiro atoms. The van der Waals surface area contributed by atoms with E-state index in [9.17, 15) is 4.39 Å². The van der Waals surface area contributed by atoms with Crippen LogP contribution < -0.4 is 10.2 Å². The van der Waals surface area contributed by atoms with E-state index in [1.54, 1.807) is 12.1 Å². The number of nitrogens with one attached hydrogen (secondary N) is 1. The average Bonchev–Trinajstić information content (AvgIpc) is 2.69. The molecule has 0 radical (unpaired) electrons. The lowest BCUT2D eigenvalue weighted by Crippen LogP contribution is -2.31. The second-order valence-electron chi connectivity index (χ2n) is 5.23. The van der Waals surface area contributed by atoms with E-state index in [0.717, 1.165) is 25.2 Å². The van der Waals surface area contributed by atoms with Crippen LogP contribution >= 0.6 is 12.4 Å². The zero-order valence-corrected chi connectivity index (χ0v) is 12.9. The molecular formula is C17H20ClFN2. The standard InChI is InChI=1S/C17H19FN2.ClH/c1-13(14-6-4-7-16(18)11-14)20-10-9-19-12-15-5-2-3-8-17(15)20;/h2-8,11,13,19H,9-10,12H2,1H3;1H. The molecule has 21 heavy (non-hydrogen) atoms. The second kappa shape index (κ2) is 6.92. The summed E-state index contributed by atoms with van der Waals surface area (Å²) in [5, 5.41) is 3.44. The third-order valence-corrected chi connectivity index (χ3v) is 3.94. The summed E-state index contributed by atoms with van der Waals surface area (Å²) < 4.78 is 13.4. The van der Waals surface area contributed by atoms with Gasteiger partial charge in [-0.1, -0.05) is 30.3 Å². The van der Waals surface area contributed by atoms with Crippen molar-refractivity contribution in [1.82, 2.24) is 5.32 Å². The number of rotatable bonds is 2. The minimum absolute atomic E-state index is 0. The average molecular weight is 307 g/mol. The summed E-state index contributed by atoms with van der Waals surface area (Å²) in [6.45, 7) is 4.89. The van der Waals surface area contributed by atoms with Crippen LogP contribution in [-0.2, 0) is 6.54 Å². The third kappa shape index (κ3) is 3.36. The van der Waals surface area contributed by atoms with Crippen LogP contribution in [-0.4, -0.2) is 13.1 Å². The number of hydrogen-bond donors (Lipinski definition) is 1. The van der Waals surface area contributed by atoms with Gasteiger partial charge in [-0.15, -0.1) is 12.4 Å². The first-order valence-corrected chi connectivity index (χ1v) is 7.06. The minimum atomic E-state index is -0.171. The molecule has 0 amide bonds. The highest BCUT2D eigenvalue weighted by molar-refractivity contribution is 5.85. The SMILES string of the molecule is CC(c1cccc(F)c1)N1CCNCc2ccccc21.Cl. The van der Waals surface area contributed by atoms with Crippen LogP contribution in [0.1, 0.15) is 24.1 Å². The first kappa shape index (κ1) is 15.8. The van der Waals surface area contributed by atoms with E-state index in [2.05, 4.69) is 41.4 Å². The maximum Gasteiger partial charge on any atom is 0.123 e. The van der Waals surface area contributed by atoms with Gasteiger partial charge in [0.05, 0.1) is 6.04 Å². The summed E-state index contributed by atoms with van der Waals surface area (Å²) in [6.07, 6.45) is 0. The molecule has 0 aliphatic carbocycles. The van der Waals surface area contributed by atoms with Gasteiger partial charge in [0.25, 0.3) is 0 Å². The van der Waals surface area contributed by atoms with Gasteiger partial charge in [-0.2, -0.15) is 0 Å². The van der Waals surface area contributed by atoms with E-state index in [1.165, 1.54) is 17.3 Å². The van der Waals surface area contributed by atoms with Gasteiger partial charge < -0.3 is 10.2 Å². The number of anilines is 1. The summed E-state index contributed by atoms with van der Waals surface area (Å²) in [4.78, 5) is 2.35. The van der Waals surface area contributed by atoms with Crippen molar-refractivity contribution in [1.29, 1.82) is 0 Å². The first-order valence-electron chi connectivity index (χ1n) is 7.06. The van der Waals surface area contributed by atoms with Crippen molar-refractivity contribution >= 4 is 18.1 Å². The molecule has 1 aliphatic rings. The molecule has 1 heterocycles. The lowest BCUT2D eigenvalue weighted by atomic mass is 10.0. The quantitative estimate of drug-likeness (QED) is 0.904. The Balaban J connectivity index is 0.00000161. The zero-order valence-electron chi connectivity index (χ0n) is 12.1. The van der Waals surface area contributed by atoms with Gasteiger partial charge in [-0.25, -0.2) is 4.39 Å². The van der Waals surface area contributed by atoms with Crippen molar-refractivity contribution in [2.24, 2.45) is 0 Å². The summed E-state index contributed by atoms with van der Waals surface area (Å²) in [7, 11) is 0. The fraction of sp³-hybridized carbons (Fsp3) is 0.294. The van der Waals surface area contributed by atoms with E-state index >= 15 is 0 Å². The van der Waals surface area contributed by atoms with Crippen molar-refractivity contribution < 1.29 is 4.39 Å². The van der Waals surface area contributed by atoms with Crippen molar-refractivity contribution in [3.8, 4) is 0 Å². The van der Waals surface area contributed by atoms with E-state index < -0.39 is 0 Å². The third-order valence-electron chi connectivity index (χ3n) is 3.94. The zero-order chi connectivity index (χ0) is 13.9. The predicted octanol–water partition coefficient (Wildman–Crippen LogP) is 3.92. The van der Waals surface area contributed by atoms with Gasteiger partial charge in [0.2, 0.25) is 0 Å². The summed E-state index contributed by atoms with van der Waals surface area (Å²) in [6, 6.07) is 15.5. The van der Waals surface area contributed by atoms with Crippen LogP contribution in [0.5, 0.6) is 0 Å². The molecule has 112 valence electrons. The number of fused-ring (bicyclic) bond motifs is 1. The first-order chi connectivity index (χ1) is 9.75. The van der Waals surface area contributed by atoms with Gasteiger partial charge >= 0.3 is 0 Å². The van der Waals surface area contributed by atoms with Gasteiger partial charge in [0.1, 0.15) is 5.82 Å². The van der Waals surface area contributed by atoms with Crippen LogP contribution in [0.2, 0.25) is 0 Å². The van der Waals surface area contributed by atoms with Gasteiger partial charge in [-0.3, -0.25) is 0 Å². The van der Waals surface area contributed by atoms with E-state index in [1.807, 2.05) is 6.07 Å². The number of halogens is 2. The van der Waals surface area contributed by atoms with Crippen molar-refractivity contribution in [2.45, 2.75) is 19.5 Å². The Hall–Kier alpha value is -1.58. The Morgan fingerprint density at radius 3 is 2.76 bits per heavy atom. The van der Waals surface area contributed by atoms with Gasteiger partial charge in [0, 0.05) is 25.3 Å². The molecule has 4 heteroatoms. The number of hydrogen-bond acceptors (Lipinski definition) is 2. The van der Waals surface area contributed by atoms with Gasteiger partial charge in [-0.05, 0) is 36.2 Å². The van der Waals surface area contributed by atoms with E-state index in [-0.39, 0.29) is 24.3 Å². The molecule has 2 nitrogen and oxygen atoms in total. The molecule has 0 saturated carbocycles. The minimum Gasteiger partial charge on any atom is -0.363 e. The Labute approximate surface area is 131 Å². The highest BCUT2D eigenvalue weighted by Gasteiger charge is 2.20. The van der Waals surface area contributed by atoms with Crippen LogP contribution in [0, 0.1) is 5.82 Å². The van der Waals surface area contributed by atoms with Crippen LogP contribution in [0.15, 0.2) is 48.5 Å². The molecule has 3 rings (SSSR count). The number of para-hydroxylation sites is 1. The highest BCUT2D eigenvalue weighted by atomic mass is 35.5. The maximum atomic E-state index is 13.4. The topological polar surface area (TPSA) is 15.3 Å². The Bertz CT molecular complexity index is 603. The Morgan fingerprint density at radius 2 is 1.95 bits per heavy atom. The van der Waals surface area contributed by atoms with Crippen molar-refractivity contribution in [3.05, 3.63) is 65.5 Å². The molecule has 0 fully saturated rings. The predicted molar refractivity (Wildman–Crippen MR) is 87.6 cm³/mol. The Kier molecular flexibility index (Phi) is 5.21. The molecular weight excluding hydrogens is 287 g/mol. The highest BCUT2D eigenvalue weighted by Crippen LogP contribution is 2.30. The summed E-state index contributed by atoms with van der Waals surface area (Å²) in [5.74, 6) is -0.171. The molecule has 0 aromatic heterocycles. The normalized spacial score (nSPS) is 15.6. The number of nitrogens with zero attached hydrogens (tertiary/aromatic N) is 1. The summed E-state index contributed by atoms with van der Waals surface area (Å²) in [5.41, 5.74) is 3.56. The van der Waals surface area contributed by atoms with Crippen LogP contribution in [0.25, 0.3) is 0 Å². The van der Waals surface area contributed by atoms with Crippen LogP contribution in [0.3, 0.4) is 0 Å². The molecule has 2 aromatic carbocycles. The molecule has 1 atom stereocenters. The smallest absolute Gasteiger partial charge is 0.123 e. The van der Waals surface area contributed by atoms with E-state index in [0.29, 0.717) is 0 Å². The fourth-order valence-corrected chi connectivity index (χ4v) is 2.83. The molecule has 0 bridgehead atoms. The van der Waals surface area contributed by atoms with Crippen molar-refractivity contribution in [2.75, 3.05) is 18.0 Å².